The zero-order valence-corrected chi connectivity index (χ0v) is 21.7. The molecule has 2 saturated heterocycles. The van der Waals surface area contributed by atoms with E-state index in [1.807, 2.05) is 50.2 Å². The van der Waals surface area contributed by atoms with E-state index in [0.29, 0.717) is 9.90 Å². The molecule has 6 nitrogen and oxygen atoms in total. The molecule has 8 heteroatoms. The van der Waals surface area contributed by atoms with E-state index in [0.717, 1.165) is 47.9 Å². The monoisotopic (exact) mass is 490 g/mol. The number of hydrogen-bond acceptors (Lipinski definition) is 5. The minimum atomic E-state index is -0.554. The van der Waals surface area contributed by atoms with Crippen LogP contribution in [-0.2, 0) is 4.79 Å². The van der Waals surface area contributed by atoms with E-state index in [-0.39, 0.29) is 11.8 Å². The summed E-state index contributed by atoms with van der Waals surface area (Å²) in [4.78, 5) is 31.8. The Bertz CT molecular complexity index is 993. The predicted octanol–water partition coefficient (Wildman–Crippen LogP) is 4.44. The number of hydrogen-bond donors (Lipinski definition) is 0. The zero-order valence-electron chi connectivity index (χ0n) is 20.1. The predicted molar refractivity (Wildman–Crippen MR) is 136 cm³/mol. The highest BCUT2D eigenvalue weighted by molar-refractivity contribution is 7.20. The van der Waals surface area contributed by atoms with Crippen molar-refractivity contribution < 1.29 is 9.59 Å². The van der Waals surface area contributed by atoms with Crippen molar-refractivity contribution in [3.05, 3.63) is 34.2 Å². The molecule has 4 rings (SSSR count). The summed E-state index contributed by atoms with van der Waals surface area (Å²) in [6.45, 7) is 5.79. The van der Waals surface area contributed by atoms with Gasteiger partial charge in [-0.25, -0.2) is 5.01 Å². The van der Waals surface area contributed by atoms with Gasteiger partial charge < -0.3 is 9.80 Å². The molecule has 1 aromatic heterocycles. The molecule has 2 aromatic rings. The van der Waals surface area contributed by atoms with Crippen molar-refractivity contribution in [3.63, 3.8) is 0 Å². The number of piperidine rings is 2. The van der Waals surface area contributed by atoms with Gasteiger partial charge in [0.1, 0.15) is 6.04 Å². The second-order valence-corrected chi connectivity index (χ2v) is 11.3. The van der Waals surface area contributed by atoms with Crippen LogP contribution in [0.1, 0.15) is 42.3 Å². The van der Waals surface area contributed by atoms with Crippen LogP contribution in [0.5, 0.6) is 0 Å². The summed E-state index contributed by atoms with van der Waals surface area (Å²) in [6.07, 6.45) is 4.68. The van der Waals surface area contributed by atoms with Crippen molar-refractivity contribution in [2.45, 2.75) is 38.6 Å². The molecule has 180 valence electrons. The maximum Gasteiger partial charge on any atom is 0.278 e. The molecular formula is C25H35ClN4O2S. The largest absolute Gasteiger partial charge is 0.341 e. The van der Waals surface area contributed by atoms with Crippen molar-refractivity contribution in [1.29, 1.82) is 0 Å². The van der Waals surface area contributed by atoms with Gasteiger partial charge in [0.25, 0.3) is 5.91 Å². The van der Waals surface area contributed by atoms with E-state index >= 15 is 0 Å². The topological polar surface area (TPSA) is 47.1 Å². The highest BCUT2D eigenvalue weighted by Gasteiger charge is 2.35. The summed E-state index contributed by atoms with van der Waals surface area (Å²) in [5.41, 5.74) is 0. The van der Waals surface area contributed by atoms with Crippen molar-refractivity contribution >= 4 is 44.8 Å². The third kappa shape index (κ3) is 5.37. The number of carbonyl (C=O) groups is 2. The number of halogens is 1. The second-order valence-electron chi connectivity index (χ2n) is 9.77. The normalized spacial score (nSPS) is 19.9. The summed E-state index contributed by atoms with van der Waals surface area (Å²) >= 11 is 7.53. The molecule has 2 amide bonds. The summed E-state index contributed by atoms with van der Waals surface area (Å²) in [5.74, 6) is 1.38. The Kier molecular flexibility index (Phi) is 7.63. The number of amides is 2. The molecule has 0 N–H and O–H groups in total. The maximum absolute atomic E-state index is 13.4. The first-order valence-electron chi connectivity index (χ1n) is 11.9. The van der Waals surface area contributed by atoms with Crippen LogP contribution in [-0.4, -0.2) is 85.0 Å². The van der Waals surface area contributed by atoms with E-state index in [2.05, 4.69) is 11.9 Å². The SMILES string of the molecule is C[C@H](C(=O)N1CCC(C2CCN(C)CC2)CC1)N(C(=O)c1cc2ccc(Cl)cc2s1)N(C)C. The van der Waals surface area contributed by atoms with Gasteiger partial charge in [0.05, 0.1) is 4.88 Å². The average molecular weight is 491 g/mol. The standard InChI is InChI=1S/C25H35ClN4O2S/c1-17(24(31)29-13-9-19(10-14-29)18-7-11-28(4)12-8-18)30(27(2)3)25(32)23-15-20-5-6-21(26)16-22(20)33-23/h5-6,15-19H,7-14H2,1-4H3/t17-/m1/s1. The molecule has 1 aromatic carbocycles. The minimum Gasteiger partial charge on any atom is -0.341 e. The van der Waals surface area contributed by atoms with Crippen LogP contribution in [0.25, 0.3) is 10.1 Å². The van der Waals surface area contributed by atoms with E-state index in [1.165, 1.54) is 37.3 Å². The van der Waals surface area contributed by atoms with E-state index < -0.39 is 6.04 Å². The van der Waals surface area contributed by atoms with Gasteiger partial charge in [-0.2, -0.15) is 0 Å². The number of nitrogens with zero attached hydrogens (tertiary/aromatic N) is 4. The number of thiophene rings is 1. The van der Waals surface area contributed by atoms with Crippen LogP contribution in [0, 0.1) is 11.8 Å². The van der Waals surface area contributed by atoms with Gasteiger partial charge in [0, 0.05) is 36.9 Å². The smallest absolute Gasteiger partial charge is 0.278 e. The van der Waals surface area contributed by atoms with Gasteiger partial charge in [-0.3, -0.25) is 14.6 Å². The van der Waals surface area contributed by atoms with Crippen molar-refractivity contribution in [3.8, 4) is 0 Å². The van der Waals surface area contributed by atoms with Crippen LogP contribution in [0.4, 0.5) is 0 Å². The van der Waals surface area contributed by atoms with Crippen LogP contribution < -0.4 is 0 Å². The van der Waals surface area contributed by atoms with E-state index in [9.17, 15) is 9.59 Å². The number of carbonyl (C=O) groups excluding carboxylic acids is 2. The summed E-state index contributed by atoms with van der Waals surface area (Å²) in [7, 11) is 5.83. The first-order chi connectivity index (χ1) is 15.7. The highest BCUT2D eigenvalue weighted by Crippen LogP contribution is 2.33. The van der Waals surface area contributed by atoms with Crippen molar-refractivity contribution in [2.75, 3.05) is 47.3 Å². The molecule has 2 aliphatic heterocycles. The summed E-state index contributed by atoms with van der Waals surface area (Å²) in [6, 6.07) is 6.96. The average Bonchev–Trinajstić information content (AvgIpc) is 3.22. The van der Waals surface area contributed by atoms with E-state index in [1.54, 1.807) is 10.0 Å². The first-order valence-corrected chi connectivity index (χ1v) is 13.1. The van der Waals surface area contributed by atoms with Gasteiger partial charge in [0.2, 0.25) is 5.91 Å². The van der Waals surface area contributed by atoms with Crippen LogP contribution in [0.2, 0.25) is 5.02 Å². The van der Waals surface area contributed by atoms with Gasteiger partial charge in [-0.1, -0.05) is 17.7 Å². The third-order valence-electron chi connectivity index (χ3n) is 7.34. The molecule has 0 saturated carbocycles. The zero-order chi connectivity index (χ0) is 23.7. The molecule has 1 atom stereocenters. The third-order valence-corrected chi connectivity index (χ3v) is 8.66. The Morgan fingerprint density at radius 3 is 2.24 bits per heavy atom. The number of benzene rings is 1. The number of hydrazine groups is 1. The molecule has 0 spiro atoms. The Balaban J connectivity index is 1.41. The molecule has 0 unspecified atom stereocenters. The highest BCUT2D eigenvalue weighted by atomic mass is 35.5. The summed E-state index contributed by atoms with van der Waals surface area (Å²) in [5, 5.41) is 4.95. The first kappa shape index (κ1) is 24.5. The molecule has 0 radical (unpaired) electrons. The lowest BCUT2D eigenvalue weighted by Crippen LogP contribution is -2.55. The lowest BCUT2D eigenvalue weighted by molar-refractivity contribution is -0.141. The fraction of sp³-hybridized carbons (Fsp3) is 0.600. The molecule has 0 bridgehead atoms. The molecule has 2 aliphatic rings. The maximum atomic E-state index is 13.4. The molecule has 0 aliphatic carbocycles. The summed E-state index contributed by atoms with van der Waals surface area (Å²) < 4.78 is 0.972. The fourth-order valence-corrected chi connectivity index (χ4v) is 6.66. The number of likely N-dealkylation sites (tertiary alicyclic amines) is 2. The Labute approximate surface area is 206 Å². The fourth-order valence-electron chi connectivity index (χ4n) is 5.39. The van der Waals surface area contributed by atoms with Gasteiger partial charge in [-0.05, 0) is 88.2 Å². The lowest BCUT2D eigenvalue weighted by Gasteiger charge is -2.41. The second kappa shape index (κ2) is 10.3. The van der Waals surface area contributed by atoms with Crippen LogP contribution in [0.3, 0.4) is 0 Å². The molecule has 3 heterocycles. The van der Waals surface area contributed by atoms with E-state index in [4.69, 9.17) is 11.6 Å². The number of rotatable bonds is 5. The molecule has 33 heavy (non-hydrogen) atoms. The number of fused-ring (bicyclic) bond motifs is 1. The lowest BCUT2D eigenvalue weighted by atomic mass is 9.79. The molecule has 2 fully saturated rings. The van der Waals surface area contributed by atoms with Gasteiger partial charge in [-0.15, -0.1) is 11.3 Å². The molecular weight excluding hydrogens is 456 g/mol. The van der Waals surface area contributed by atoms with Crippen molar-refractivity contribution in [2.24, 2.45) is 11.8 Å². The van der Waals surface area contributed by atoms with Crippen LogP contribution >= 0.6 is 22.9 Å². The minimum absolute atomic E-state index is 0.0306. The Morgan fingerprint density at radius 2 is 1.64 bits per heavy atom. The quantitative estimate of drug-likeness (QED) is 0.581. The van der Waals surface area contributed by atoms with Crippen LogP contribution in [0.15, 0.2) is 24.3 Å². The van der Waals surface area contributed by atoms with Gasteiger partial charge >= 0.3 is 0 Å². The van der Waals surface area contributed by atoms with Crippen molar-refractivity contribution in [1.82, 2.24) is 19.8 Å². The Morgan fingerprint density at radius 1 is 1.03 bits per heavy atom. The van der Waals surface area contributed by atoms with Gasteiger partial charge in [0.15, 0.2) is 0 Å². The Hall–Kier alpha value is -1.67.